The van der Waals surface area contributed by atoms with Crippen LogP contribution in [0.2, 0.25) is 0 Å². The summed E-state index contributed by atoms with van der Waals surface area (Å²) in [5.41, 5.74) is 4.72. The number of carbonyl (C=O) groups is 1. The van der Waals surface area contributed by atoms with E-state index in [4.69, 9.17) is 9.20 Å². The molecule has 0 radical (unpaired) electrons. The predicted molar refractivity (Wildman–Crippen MR) is 23.8 cm³/mol. The summed E-state index contributed by atoms with van der Waals surface area (Å²) < 4.78 is 21.5. The van der Waals surface area contributed by atoms with E-state index in [1.807, 2.05) is 0 Å². The Balaban J connectivity index is 3.40. The first-order valence-corrected chi connectivity index (χ1v) is 4.63. The van der Waals surface area contributed by atoms with Crippen molar-refractivity contribution in [2.75, 3.05) is 6.54 Å². The van der Waals surface area contributed by atoms with Crippen LogP contribution in [-0.4, -0.2) is 36.3 Å². The van der Waals surface area contributed by atoms with E-state index in [2.05, 4.69) is 3.10 Å². The second-order valence-corrected chi connectivity index (χ2v) is 2.59. The van der Waals surface area contributed by atoms with Crippen LogP contribution in [0.5, 0.6) is 0 Å². The fraction of sp³-hybridized carbons (Fsp3) is 0.500. The van der Waals surface area contributed by atoms with E-state index in [1.54, 1.807) is 0 Å². The van der Waals surface area contributed by atoms with E-state index in [9.17, 15) is 7.90 Å². The van der Waals surface area contributed by atoms with Gasteiger partial charge in [0.2, 0.25) is 0 Å². The molecule has 0 saturated heterocycles. The van der Waals surface area contributed by atoms with Crippen molar-refractivity contribution >= 4 is 26.3 Å². The maximum atomic E-state index is 9.96. The third-order valence-electron chi connectivity index (χ3n) is 0.331. The number of carbonyl (C=O) groups excluding carboxylic acids is 1. The van der Waals surface area contributed by atoms with Gasteiger partial charge < -0.3 is 0 Å². The van der Waals surface area contributed by atoms with Crippen LogP contribution in [0.15, 0.2) is 0 Å². The second kappa shape index (κ2) is 3.92. The molecule has 0 aromatic rings. The third-order valence-corrected chi connectivity index (χ3v) is 1.27. The van der Waals surface area contributed by atoms with Crippen LogP contribution in [0.3, 0.4) is 0 Å². The van der Waals surface area contributed by atoms with Gasteiger partial charge in [0.05, 0.1) is 0 Å². The molecule has 0 heterocycles. The van der Waals surface area contributed by atoms with Crippen molar-refractivity contribution < 1.29 is 14.5 Å². The molecule has 0 rings (SSSR count). The fourth-order valence-corrected chi connectivity index (χ4v) is 0.762. The molecule has 0 aromatic heterocycles. The quantitative estimate of drug-likeness (QED) is 0.534. The molecule has 0 spiro atoms. The molecular weight excluding hydrogens is 230 g/mol. The Bertz CT molecular complexity index is 113. The summed E-state index contributed by atoms with van der Waals surface area (Å²) in [6, 6.07) is 0. The average Bonchev–Trinajstić information content (AvgIpc) is 1.65. The first kappa shape index (κ1) is 7.98. The van der Waals surface area contributed by atoms with E-state index >= 15 is 0 Å². The fourth-order valence-electron chi connectivity index (χ4n) is 0.114. The minimum atomic E-state index is -3.68. The van der Waals surface area contributed by atoms with Crippen molar-refractivity contribution in [1.82, 2.24) is 0 Å². The first-order valence-electron chi connectivity index (χ1n) is 1.69. The minimum absolute atomic E-state index is 0.347. The van der Waals surface area contributed by atoms with Gasteiger partial charge in [-0.2, -0.15) is 0 Å². The summed E-state index contributed by atoms with van der Waals surface area (Å²) >= 11 is -3.68. The molecule has 0 saturated carbocycles. The molecule has 0 aliphatic heterocycles. The molecule has 48 valence electrons. The summed E-state index contributed by atoms with van der Waals surface area (Å²) in [5, 5.41) is 0. The van der Waals surface area contributed by atoms with Gasteiger partial charge in [0.1, 0.15) is 0 Å². The molecule has 8 heavy (non-hydrogen) atoms. The Kier molecular flexibility index (Phi) is 3.91. The summed E-state index contributed by atoms with van der Waals surface area (Å²) in [7, 11) is 0. The van der Waals surface area contributed by atoms with Crippen LogP contribution >= 0.6 is 0 Å². The Labute approximate surface area is 53.5 Å². The topological polar surface area (TPSA) is 89.6 Å². The van der Waals surface area contributed by atoms with Crippen LogP contribution in [0.1, 0.15) is 0 Å². The third kappa shape index (κ3) is 4.15. The van der Waals surface area contributed by atoms with Gasteiger partial charge in [0.25, 0.3) is 0 Å². The molecule has 0 fully saturated rings. The van der Waals surface area contributed by atoms with Gasteiger partial charge in [0.15, 0.2) is 0 Å². The van der Waals surface area contributed by atoms with Crippen molar-refractivity contribution in [2.24, 2.45) is 5.73 Å². The summed E-state index contributed by atoms with van der Waals surface area (Å²) in [6.07, 6.45) is 0. The van der Waals surface area contributed by atoms with Gasteiger partial charge in [-0.15, -0.1) is 0 Å². The average molecular weight is 235 g/mol. The summed E-state index contributed by atoms with van der Waals surface area (Å²) in [5.74, 6) is -0.834. The van der Waals surface area contributed by atoms with Crippen molar-refractivity contribution in [2.45, 2.75) is 0 Å². The van der Waals surface area contributed by atoms with Gasteiger partial charge in [-0.3, -0.25) is 0 Å². The first-order chi connectivity index (χ1) is 3.66. The van der Waals surface area contributed by atoms with E-state index in [0.717, 1.165) is 0 Å². The van der Waals surface area contributed by atoms with E-state index < -0.39 is 26.3 Å². The molecule has 0 atom stereocenters. The van der Waals surface area contributed by atoms with Crippen molar-refractivity contribution in [3.63, 3.8) is 0 Å². The normalized spacial score (nSPS) is 9.38. The molecule has 0 aliphatic rings. The van der Waals surface area contributed by atoms with Crippen LogP contribution < -0.4 is 5.73 Å². The van der Waals surface area contributed by atoms with E-state index in [0.29, 0.717) is 0 Å². The molecule has 3 N–H and O–H groups in total. The number of hydrogen-bond acceptors (Lipinski definition) is 4. The molecule has 0 aromatic carbocycles. The molecule has 0 bridgehead atoms. The standard InChI is InChI=1S/C2H5NO4Te/c3-1-2(4)7-8(5)6/h1,3H2,(H,5,6). The van der Waals surface area contributed by atoms with E-state index in [-0.39, 0.29) is 6.54 Å². The van der Waals surface area contributed by atoms with Crippen LogP contribution in [0, 0.1) is 0 Å². The molecule has 5 nitrogen and oxygen atoms in total. The van der Waals surface area contributed by atoms with Gasteiger partial charge in [-0.25, -0.2) is 0 Å². The molecule has 0 unspecified atom stereocenters. The van der Waals surface area contributed by atoms with Crippen molar-refractivity contribution in [3.05, 3.63) is 0 Å². The van der Waals surface area contributed by atoms with Gasteiger partial charge >= 0.3 is 53.1 Å². The SMILES string of the molecule is NCC(=O)O[Te](=O)O. The molecule has 6 heteroatoms. The monoisotopic (exact) mass is 237 g/mol. The van der Waals surface area contributed by atoms with E-state index in [1.165, 1.54) is 0 Å². The number of rotatable bonds is 2. The van der Waals surface area contributed by atoms with Crippen LogP contribution in [0.25, 0.3) is 0 Å². The number of nitrogens with two attached hydrogens (primary N) is 1. The van der Waals surface area contributed by atoms with Gasteiger partial charge in [-0.1, -0.05) is 0 Å². The zero-order valence-corrected chi connectivity index (χ0v) is 6.20. The van der Waals surface area contributed by atoms with Crippen LogP contribution in [-0.2, 0) is 11.0 Å². The molecule has 0 amide bonds. The zero-order valence-electron chi connectivity index (χ0n) is 3.86. The van der Waals surface area contributed by atoms with Crippen molar-refractivity contribution in [1.29, 1.82) is 0 Å². The Morgan fingerprint density at radius 3 is 2.50 bits per heavy atom. The van der Waals surface area contributed by atoms with Gasteiger partial charge in [0, 0.05) is 0 Å². The Morgan fingerprint density at radius 1 is 1.88 bits per heavy atom. The Hall–Kier alpha value is -0.0204. The molecular formula is C2H5NO4Te. The van der Waals surface area contributed by atoms with Crippen LogP contribution in [0.4, 0.5) is 0 Å². The van der Waals surface area contributed by atoms with Gasteiger partial charge in [-0.05, 0) is 0 Å². The second-order valence-electron chi connectivity index (χ2n) is 0.877. The summed E-state index contributed by atoms with van der Waals surface area (Å²) in [6.45, 7) is -0.347. The predicted octanol–water partition coefficient (Wildman–Crippen LogP) is -2.10. The zero-order chi connectivity index (χ0) is 6.57. The summed E-state index contributed by atoms with van der Waals surface area (Å²) in [4.78, 5) is 9.96. The maximum absolute atomic E-state index is 9.96. The Morgan fingerprint density at radius 2 is 2.38 bits per heavy atom. The molecule has 0 aliphatic carbocycles. The number of hydrogen-bond donors (Lipinski definition) is 2. The van der Waals surface area contributed by atoms with Crippen molar-refractivity contribution in [3.8, 4) is 0 Å².